The number of carbonyl (C=O) groups excluding carboxylic acids is 4. The molecule has 1 saturated heterocycles. The predicted molar refractivity (Wildman–Crippen MR) is 100 cm³/mol. The number of rotatable bonds is 3. The van der Waals surface area contributed by atoms with Crippen molar-refractivity contribution in [3.63, 3.8) is 0 Å². The van der Waals surface area contributed by atoms with Crippen molar-refractivity contribution >= 4 is 39.7 Å². The summed E-state index contributed by atoms with van der Waals surface area (Å²) in [5.41, 5.74) is 4.08. The average molecular weight is 437 g/mol. The van der Waals surface area contributed by atoms with E-state index in [0.29, 0.717) is 22.9 Å². The van der Waals surface area contributed by atoms with E-state index in [1.54, 1.807) is 31.3 Å². The minimum atomic E-state index is -0.826. The van der Waals surface area contributed by atoms with Crippen molar-refractivity contribution < 1.29 is 19.2 Å². The maximum Gasteiger partial charge on any atom is 0.327 e. The van der Waals surface area contributed by atoms with Gasteiger partial charge in [0.05, 0.1) is 5.56 Å². The quantitative estimate of drug-likeness (QED) is 0.557. The molecule has 9 heteroatoms. The normalized spacial score (nSPS) is 18.7. The Morgan fingerprint density at radius 1 is 1.11 bits per heavy atom. The Kier molecular flexibility index (Phi) is 5.50. The third-order valence-electron chi connectivity index (χ3n) is 5.22. The molecule has 3 rings (SSSR count). The van der Waals surface area contributed by atoms with Gasteiger partial charge in [0.2, 0.25) is 0 Å². The van der Waals surface area contributed by atoms with E-state index in [1.807, 2.05) is 0 Å². The zero-order valence-corrected chi connectivity index (χ0v) is 16.5. The van der Waals surface area contributed by atoms with Crippen LogP contribution in [0.25, 0.3) is 0 Å². The van der Waals surface area contributed by atoms with Crippen molar-refractivity contribution in [2.45, 2.75) is 37.6 Å². The molecule has 1 aliphatic carbocycles. The predicted octanol–water partition coefficient (Wildman–Crippen LogP) is 1.81. The maximum atomic E-state index is 12.8. The lowest BCUT2D eigenvalue weighted by Crippen LogP contribution is -2.50. The highest BCUT2D eigenvalue weighted by molar-refractivity contribution is 9.10. The van der Waals surface area contributed by atoms with Gasteiger partial charge in [-0.1, -0.05) is 31.4 Å². The van der Waals surface area contributed by atoms with Gasteiger partial charge in [0, 0.05) is 11.5 Å². The number of carbonyl (C=O) groups is 4. The zero-order valence-electron chi connectivity index (χ0n) is 15.0. The number of likely N-dealkylation sites (N-methyl/N-ethyl adjacent to an activating group) is 1. The standard InChI is InChI=1S/C18H21BrN4O4/c1-22-17(27)23(16(26)18(22)9-5-2-6-10-18)11-14(24)20-21-15(25)12-7-3-4-8-13(12)19/h3-4,7-8H,2,5-6,9-11H2,1H3,(H,20,24)(H,21,25). The minimum absolute atomic E-state index is 0.331. The molecule has 5 amide bonds. The first-order valence-electron chi connectivity index (χ1n) is 8.80. The summed E-state index contributed by atoms with van der Waals surface area (Å²) in [5, 5.41) is 0. The Labute approximate surface area is 165 Å². The molecule has 2 aliphatic rings. The van der Waals surface area contributed by atoms with Gasteiger partial charge < -0.3 is 4.90 Å². The van der Waals surface area contributed by atoms with Crippen LogP contribution >= 0.6 is 15.9 Å². The van der Waals surface area contributed by atoms with Crippen molar-refractivity contribution in [2.75, 3.05) is 13.6 Å². The van der Waals surface area contributed by atoms with E-state index in [9.17, 15) is 19.2 Å². The minimum Gasteiger partial charge on any atom is -0.313 e. The van der Waals surface area contributed by atoms with E-state index in [1.165, 1.54) is 4.90 Å². The molecular weight excluding hydrogens is 416 g/mol. The largest absolute Gasteiger partial charge is 0.327 e. The second-order valence-corrected chi connectivity index (χ2v) is 7.66. The molecule has 2 N–H and O–H groups in total. The van der Waals surface area contributed by atoms with Crippen LogP contribution in [0.4, 0.5) is 4.79 Å². The molecule has 27 heavy (non-hydrogen) atoms. The molecule has 1 aliphatic heterocycles. The molecule has 0 atom stereocenters. The SMILES string of the molecule is CN1C(=O)N(CC(=O)NNC(=O)c2ccccc2Br)C(=O)C12CCCCC2. The molecule has 8 nitrogen and oxygen atoms in total. The summed E-state index contributed by atoms with van der Waals surface area (Å²) in [6.45, 7) is -0.431. The van der Waals surface area contributed by atoms with Gasteiger partial charge in [-0.3, -0.25) is 30.1 Å². The van der Waals surface area contributed by atoms with E-state index in [2.05, 4.69) is 26.8 Å². The van der Waals surface area contributed by atoms with E-state index in [4.69, 9.17) is 0 Å². The van der Waals surface area contributed by atoms with Crippen molar-refractivity contribution in [3.8, 4) is 0 Å². The van der Waals surface area contributed by atoms with E-state index >= 15 is 0 Å². The van der Waals surface area contributed by atoms with Gasteiger partial charge >= 0.3 is 6.03 Å². The van der Waals surface area contributed by atoms with Gasteiger partial charge in [0.1, 0.15) is 12.1 Å². The first-order chi connectivity index (χ1) is 12.9. The Bertz CT molecular complexity index is 791. The molecule has 0 radical (unpaired) electrons. The number of halogens is 1. The number of benzene rings is 1. The highest BCUT2D eigenvalue weighted by atomic mass is 79.9. The van der Waals surface area contributed by atoms with Crippen molar-refractivity contribution in [2.24, 2.45) is 0 Å². The summed E-state index contributed by atoms with van der Waals surface area (Å²) in [6, 6.07) is 6.29. The Morgan fingerprint density at radius 2 is 1.78 bits per heavy atom. The monoisotopic (exact) mass is 436 g/mol. The van der Waals surface area contributed by atoms with Crippen LogP contribution in [0.5, 0.6) is 0 Å². The fraction of sp³-hybridized carbons (Fsp3) is 0.444. The van der Waals surface area contributed by atoms with Gasteiger partial charge in [-0.15, -0.1) is 0 Å². The summed E-state index contributed by atoms with van der Waals surface area (Å²) in [7, 11) is 1.61. The van der Waals surface area contributed by atoms with Crippen LogP contribution in [0.2, 0.25) is 0 Å². The maximum absolute atomic E-state index is 12.8. The fourth-order valence-corrected chi connectivity index (χ4v) is 4.16. The number of hydrogen-bond acceptors (Lipinski definition) is 4. The highest BCUT2D eigenvalue weighted by Crippen LogP contribution is 2.39. The Morgan fingerprint density at radius 3 is 2.44 bits per heavy atom. The molecule has 0 bridgehead atoms. The summed E-state index contributed by atoms with van der Waals surface area (Å²) in [6.07, 6.45) is 4.03. The molecule has 1 heterocycles. The number of nitrogens with one attached hydrogen (secondary N) is 2. The van der Waals surface area contributed by atoms with Gasteiger partial charge in [0.25, 0.3) is 17.7 Å². The first-order valence-corrected chi connectivity index (χ1v) is 9.59. The van der Waals surface area contributed by atoms with Crippen LogP contribution in [0.15, 0.2) is 28.7 Å². The lowest BCUT2D eigenvalue weighted by molar-refractivity contribution is -0.137. The summed E-state index contributed by atoms with van der Waals surface area (Å²) in [4.78, 5) is 52.0. The van der Waals surface area contributed by atoms with Gasteiger partial charge in [-0.25, -0.2) is 4.79 Å². The summed E-state index contributed by atoms with van der Waals surface area (Å²) in [5.74, 6) is -1.48. The molecule has 1 saturated carbocycles. The topological polar surface area (TPSA) is 98.8 Å². The van der Waals surface area contributed by atoms with Crippen LogP contribution in [0.1, 0.15) is 42.5 Å². The lowest BCUT2D eigenvalue weighted by atomic mass is 9.81. The van der Waals surface area contributed by atoms with Crippen LogP contribution in [0.3, 0.4) is 0 Å². The second kappa shape index (κ2) is 7.67. The van der Waals surface area contributed by atoms with Gasteiger partial charge in [-0.2, -0.15) is 0 Å². The number of urea groups is 1. The van der Waals surface area contributed by atoms with E-state index in [0.717, 1.165) is 24.2 Å². The van der Waals surface area contributed by atoms with E-state index in [-0.39, 0.29) is 5.91 Å². The molecule has 1 spiro atoms. The average Bonchev–Trinajstić information content (AvgIpc) is 2.83. The summed E-state index contributed by atoms with van der Waals surface area (Å²) < 4.78 is 0.586. The third kappa shape index (κ3) is 3.55. The van der Waals surface area contributed by atoms with Crippen LogP contribution in [0, 0.1) is 0 Å². The smallest absolute Gasteiger partial charge is 0.313 e. The number of imide groups is 1. The van der Waals surface area contributed by atoms with Gasteiger partial charge in [0.15, 0.2) is 0 Å². The Hall–Kier alpha value is -2.42. The van der Waals surface area contributed by atoms with Crippen LogP contribution < -0.4 is 10.9 Å². The third-order valence-corrected chi connectivity index (χ3v) is 5.91. The number of amides is 5. The van der Waals surface area contributed by atoms with Crippen molar-refractivity contribution in [3.05, 3.63) is 34.3 Å². The lowest BCUT2D eigenvalue weighted by Gasteiger charge is -2.35. The van der Waals surface area contributed by atoms with E-state index < -0.39 is 29.9 Å². The van der Waals surface area contributed by atoms with Crippen molar-refractivity contribution in [1.82, 2.24) is 20.7 Å². The molecule has 2 fully saturated rings. The second-order valence-electron chi connectivity index (χ2n) is 6.81. The zero-order chi connectivity index (χ0) is 19.6. The number of nitrogens with zero attached hydrogens (tertiary/aromatic N) is 2. The van der Waals surface area contributed by atoms with Crippen LogP contribution in [-0.2, 0) is 9.59 Å². The number of hydrogen-bond donors (Lipinski definition) is 2. The molecule has 144 valence electrons. The van der Waals surface area contributed by atoms with Gasteiger partial charge in [-0.05, 0) is 40.9 Å². The number of hydrazine groups is 1. The molecule has 1 aromatic carbocycles. The fourth-order valence-electron chi connectivity index (χ4n) is 3.69. The van der Waals surface area contributed by atoms with Crippen LogP contribution in [-0.4, -0.2) is 52.7 Å². The molecule has 1 aromatic rings. The highest BCUT2D eigenvalue weighted by Gasteiger charge is 2.55. The Balaban J connectivity index is 1.61. The first kappa shape index (κ1) is 19.3. The van der Waals surface area contributed by atoms with Crippen molar-refractivity contribution in [1.29, 1.82) is 0 Å². The summed E-state index contributed by atoms with van der Waals surface area (Å²) >= 11 is 3.26. The molecule has 0 aromatic heterocycles. The molecular formula is C18H21BrN4O4. The molecule has 0 unspecified atom stereocenters.